The van der Waals surface area contributed by atoms with Gasteiger partial charge in [0.1, 0.15) is 0 Å². The van der Waals surface area contributed by atoms with Gasteiger partial charge in [0.05, 0.1) is 11.8 Å². The van der Waals surface area contributed by atoms with E-state index in [4.69, 9.17) is 5.73 Å². The van der Waals surface area contributed by atoms with Crippen LogP contribution in [0.5, 0.6) is 0 Å². The maximum atomic E-state index is 12.7. The molecule has 1 aromatic carbocycles. The fourth-order valence-corrected chi connectivity index (χ4v) is 2.22. The molecule has 1 aromatic heterocycles. The van der Waals surface area contributed by atoms with Crippen molar-refractivity contribution in [3.8, 4) is 0 Å². The number of rotatable bonds is 6. The van der Waals surface area contributed by atoms with Gasteiger partial charge in [-0.25, -0.2) is 0 Å². The molecule has 0 bridgehead atoms. The van der Waals surface area contributed by atoms with E-state index in [1.807, 2.05) is 49.2 Å². The van der Waals surface area contributed by atoms with E-state index >= 15 is 0 Å². The quantitative estimate of drug-likeness (QED) is 0.886. The Morgan fingerprint density at radius 2 is 2.00 bits per heavy atom. The molecular weight excluding hydrogens is 300 g/mol. The topological polar surface area (TPSA) is 64.2 Å². The molecule has 22 heavy (non-hydrogen) atoms. The highest BCUT2D eigenvalue weighted by molar-refractivity contribution is 5.95. The maximum absolute atomic E-state index is 12.7. The first-order valence-electron chi connectivity index (χ1n) is 7.15. The molecule has 2 N–H and O–H groups in total. The Morgan fingerprint density at radius 3 is 2.55 bits per heavy atom. The summed E-state index contributed by atoms with van der Waals surface area (Å²) in [6.45, 7) is 3.72. The average molecular weight is 323 g/mol. The van der Waals surface area contributed by atoms with Gasteiger partial charge >= 0.3 is 0 Å². The first kappa shape index (κ1) is 18.2. The number of hydrogen-bond acceptors (Lipinski definition) is 3. The average Bonchev–Trinajstić information content (AvgIpc) is 2.84. The molecule has 0 aliphatic heterocycles. The van der Waals surface area contributed by atoms with Gasteiger partial charge in [-0.05, 0) is 25.5 Å². The Labute approximate surface area is 137 Å². The van der Waals surface area contributed by atoms with Crippen LogP contribution >= 0.6 is 12.4 Å². The highest BCUT2D eigenvalue weighted by Crippen LogP contribution is 2.13. The Morgan fingerprint density at radius 1 is 1.32 bits per heavy atom. The highest BCUT2D eigenvalue weighted by Gasteiger charge is 2.19. The van der Waals surface area contributed by atoms with Crippen LogP contribution in [0.2, 0.25) is 0 Å². The molecule has 2 rings (SSSR count). The number of nitrogens with zero attached hydrogens (tertiary/aromatic N) is 3. The number of nitrogens with two attached hydrogens (primary N) is 1. The van der Waals surface area contributed by atoms with Gasteiger partial charge in [-0.1, -0.05) is 30.3 Å². The second-order valence-electron chi connectivity index (χ2n) is 5.12. The molecule has 0 saturated carbocycles. The van der Waals surface area contributed by atoms with Crippen molar-refractivity contribution >= 4 is 18.3 Å². The van der Waals surface area contributed by atoms with Gasteiger partial charge in [-0.15, -0.1) is 12.4 Å². The van der Waals surface area contributed by atoms with Crippen molar-refractivity contribution in [1.82, 2.24) is 14.7 Å². The van der Waals surface area contributed by atoms with Crippen molar-refractivity contribution in [2.75, 3.05) is 13.1 Å². The van der Waals surface area contributed by atoms with Crippen LogP contribution < -0.4 is 5.73 Å². The van der Waals surface area contributed by atoms with Gasteiger partial charge in [0.25, 0.3) is 5.91 Å². The largest absolute Gasteiger partial charge is 0.334 e. The third-order valence-electron chi connectivity index (χ3n) is 3.60. The Bertz CT molecular complexity index is 597. The lowest BCUT2D eigenvalue weighted by atomic mass is 10.1. The molecular formula is C16H23ClN4O. The number of hydrogen-bond donors (Lipinski definition) is 1. The predicted molar refractivity (Wildman–Crippen MR) is 90.0 cm³/mol. The number of aromatic nitrogens is 2. The maximum Gasteiger partial charge on any atom is 0.257 e. The first-order chi connectivity index (χ1) is 10.1. The summed E-state index contributed by atoms with van der Waals surface area (Å²) in [6, 6.07) is 9.99. The Hall–Kier alpha value is -1.85. The first-order valence-corrected chi connectivity index (χ1v) is 7.15. The lowest BCUT2D eigenvalue weighted by Crippen LogP contribution is -2.32. The monoisotopic (exact) mass is 322 g/mol. The molecule has 0 radical (unpaired) electrons. The van der Waals surface area contributed by atoms with E-state index < -0.39 is 0 Å². The van der Waals surface area contributed by atoms with Crippen LogP contribution in [0.1, 0.15) is 28.0 Å². The molecule has 0 atom stereocenters. The Kier molecular flexibility index (Phi) is 7.08. The predicted octanol–water partition coefficient (Wildman–Crippen LogP) is 2.14. The van der Waals surface area contributed by atoms with Gasteiger partial charge in [0.2, 0.25) is 0 Å². The van der Waals surface area contributed by atoms with E-state index in [1.54, 1.807) is 10.9 Å². The van der Waals surface area contributed by atoms with Crippen molar-refractivity contribution in [3.05, 3.63) is 53.3 Å². The number of amides is 1. The Balaban J connectivity index is 0.00000242. The minimum atomic E-state index is 0. The molecule has 120 valence electrons. The summed E-state index contributed by atoms with van der Waals surface area (Å²) in [5.74, 6) is 0.0119. The summed E-state index contributed by atoms with van der Waals surface area (Å²) in [7, 11) is 1.84. The molecule has 0 fully saturated rings. The summed E-state index contributed by atoms with van der Waals surface area (Å²) in [5.41, 5.74) is 8.24. The summed E-state index contributed by atoms with van der Waals surface area (Å²) in [5, 5.41) is 4.15. The minimum Gasteiger partial charge on any atom is -0.334 e. The zero-order valence-corrected chi connectivity index (χ0v) is 13.8. The molecule has 2 aromatic rings. The molecule has 0 aliphatic rings. The number of aryl methyl sites for hydroxylation is 1. The van der Waals surface area contributed by atoms with E-state index in [0.29, 0.717) is 25.2 Å². The summed E-state index contributed by atoms with van der Waals surface area (Å²) < 4.78 is 1.72. The number of carbonyl (C=O) groups is 1. The normalized spacial score (nSPS) is 10.1. The molecule has 6 heteroatoms. The standard InChI is InChI=1S/C16H22N4O.ClH/c1-13-15(11-18-19(13)2)16(21)20(10-6-9-17)12-14-7-4-3-5-8-14;/h3-5,7-8,11H,6,9-10,12,17H2,1-2H3;1H. The number of carbonyl (C=O) groups excluding carboxylic acids is 1. The molecule has 5 nitrogen and oxygen atoms in total. The zero-order valence-electron chi connectivity index (χ0n) is 13.0. The van der Waals surface area contributed by atoms with Crippen LogP contribution in [0, 0.1) is 6.92 Å². The molecule has 0 spiro atoms. The van der Waals surface area contributed by atoms with Crippen LogP contribution in [-0.4, -0.2) is 33.7 Å². The summed E-state index contributed by atoms with van der Waals surface area (Å²) in [6.07, 6.45) is 2.43. The van der Waals surface area contributed by atoms with E-state index in [0.717, 1.165) is 17.7 Å². The van der Waals surface area contributed by atoms with E-state index in [-0.39, 0.29) is 18.3 Å². The van der Waals surface area contributed by atoms with Gasteiger partial charge in [0, 0.05) is 25.8 Å². The van der Waals surface area contributed by atoms with Crippen LogP contribution in [0.25, 0.3) is 0 Å². The zero-order chi connectivity index (χ0) is 15.2. The number of halogens is 1. The third-order valence-corrected chi connectivity index (χ3v) is 3.60. The molecule has 0 aliphatic carbocycles. The third kappa shape index (κ3) is 4.32. The molecule has 0 unspecified atom stereocenters. The van der Waals surface area contributed by atoms with E-state index in [2.05, 4.69) is 5.10 Å². The molecule has 1 heterocycles. The van der Waals surface area contributed by atoms with Crippen LogP contribution in [0.15, 0.2) is 36.5 Å². The van der Waals surface area contributed by atoms with E-state index in [1.165, 1.54) is 0 Å². The van der Waals surface area contributed by atoms with Crippen molar-refractivity contribution in [2.24, 2.45) is 12.8 Å². The highest BCUT2D eigenvalue weighted by atomic mass is 35.5. The van der Waals surface area contributed by atoms with Crippen molar-refractivity contribution in [1.29, 1.82) is 0 Å². The number of benzene rings is 1. The summed E-state index contributed by atoms with van der Waals surface area (Å²) >= 11 is 0. The second-order valence-corrected chi connectivity index (χ2v) is 5.12. The molecule has 1 amide bonds. The van der Waals surface area contributed by atoms with Crippen molar-refractivity contribution in [3.63, 3.8) is 0 Å². The fourth-order valence-electron chi connectivity index (χ4n) is 2.22. The van der Waals surface area contributed by atoms with Gasteiger partial charge < -0.3 is 10.6 Å². The van der Waals surface area contributed by atoms with E-state index in [9.17, 15) is 4.79 Å². The minimum absolute atomic E-state index is 0. The lowest BCUT2D eigenvalue weighted by molar-refractivity contribution is 0.0741. The van der Waals surface area contributed by atoms with Gasteiger partial charge in [-0.3, -0.25) is 9.48 Å². The fraction of sp³-hybridized carbons (Fsp3) is 0.375. The van der Waals surface area contributed by atoms with Gasteiger partial charge in [-0.2, -0.15) is 5.10 Å². The van der Waals surface area contributed by atoms with Crippen LogP contribution in [0.3, 0.4) is 0 Å². The van der Waals surface area contributed by atoms with Crippen molar-refractivity contribution < 1.29 is 4.79 Å². The van der Waals surface area contributed by atoms with Gasteiger partial charge in [0.15, 0.2) is 0 Å². The second kappa shape index (κ2) is 8.56. The van der Waals surface area contributed by atoms with Crippen LogP contribution in [0.4, 0.5) is 0 Å². The molecule has 0 saturated heterocycles. The SMILES string of the molecule is Cc1c(C(=O)N(CCCN)Cc2ccccc2)cnn1C.Cl. The van der Waals surface area contributed by atoms with Crippen LogP contribution in [-0.2, 0) is 13.6 Å². The van der Waals surface area contributed by atoms with Crippen molar-refractivity contribution in [2.45, 2.75) is 19.9 Å². The smallest absolute Gasteiger partial charge is 0.257 e. The lowest BCUT2D eigenvalue weighted by Gasteiger charge is -2.22. The summed E-state index contributed by atoms with van der Waals surface area (Å²) in [4.78, 5) is 14.6.